The lowest BCUT2D eigenvalue weighted by atomic mass is 10.3. The molecule has 0 aromatic carbocycles. The number of fused-ring (bicyclic) bond motifs is 1. The van der Waals surface area contributed by atoms with Gasteiger partial charge in [0.2, 0.25) is 11.6 Å². The van der Waals surface area contributed by atoms with Crippen LogP contribution in [-0.4, -0.2) is 54.5 Å². The standard InChI is InChI=1S/C16H22N8O/c1-11-17-10-12(25-3)15-20-19-14(24(11)15)7-6-13-18-16(21-22(13)2)23-8-4-5-9-23/h10H,4-9H2,1-3H3. The van der Waals surface area contributed by atoms with Gasteiger partial charge in [-0.1, -0.05) is 0 Å². The Bertz CT molecular complexity index is 893. The molecule has 3 aromatic heterocycles. The van der Waals surface area contributed by atoms with E-state index < -0.39 is 0 Å². The van der Waals surface area contributed by atoms with Crippen LogP contribution < -0.4 is 9.64 Å². The number of methoxy groups -OCH3 is 1. The van der Waals surface area contributed by atoms with Gasteiger partial charge in [0.05, 0.1) is 13.3 Å². The highest BCUT2D eigenvalue weighted by Gasteiger charge is 2.19. The highest BCUT2D eigenvalue weighted by molar-refractivity contribution is 5.52. The molecule has 0 N–H and O–H groups in total. The molecule has 0 aliphatic carbocycles. The number of aryl methyl sites for hydroxylation is 4. The maximum atomic E-state index is 5.32. The molecule has 0 atom stereocenters. The Morgan fingerprint density at radius 3 is 2.64 bits per heavy atom. The summed E-state index contributed by atoms with van der Waals surface area (Å²) in [5, 5.41) is 13.1. The first-order valence-electron chi connectivity index (χ1n) is 8.56. The minimum Gasteiger partial charge on any atom is -0.491 e. The number of ether oxygens (including phenoxy) is 1. The lowest BCUT2D eigenvalue weighted by molar-refractivity contribution is 0.414. The molecule has 25 heavy (non-hydrogen) atoms. The van der Waals surface area contributed by atoms with Crippen molar-refractivity contribution in [3.63, 3.8) is 0 Å². The van der Waals surface area contributed by atoms with Gasteiger partial charge in [-0.25, -0.2) is 4.98 Å². The number of hydrogen-bond acceptors (Lipinski definition) is 7. The fourth-order valence-electron chi connectivity index (χ4n) is 3.28. The molecule has 0 amide bonds. The maximum absolute atomic E-state index is 5.32. The monoisotopic (exact) mass is 342 g/mol. The van der Waals surface area contributed by atoms with Crippen molar-refractivity contribution >= 4 is 11.6 Å². The van der Waals surface area contributed by atoms with E-state index in [2.05, 4.69) is 25.2 Å². The van der Waals surface area contributed by atoms with Crippen LogP contribution in [0.25, 0.3) is 5.65 Å². The van der Waals surface area contributed by atoms with E-state index in [1.54, 1.807) is 13.3 Å². The van der Waals surface area contributed by atoms with E-state index in [4.69, 9.17) is 9.72 Å². The molecule has 0 unspecified atom stereocenters. The maximum Gasteiger partial charge on any atom is 0.244 e. The molecule has 0 radical (unpaired) electrons. The van der Waals surface area contributed by atoms with Crippen molar-refractivity contribution in [2.45, 2.75) is 32.6 Å². The molecule has 1 saturated heterocycles. The average Bonchev–Trinajstić information content (AvgIpc) is 3.33. The fourth-order valence-corrected chi connectivity index (χ4v) is 3.28. The summed E-state index contributed by atoms with van der Waals surface area (Å²) in [6, 6.07) is 0. The lowest BCUT2D eigenvalue weighted by Gasteiger charge is -2.10. The zero-order chi connectivity index (χ0) is 17.4. The summed E-state index contributed by atoms with van der Waals surface area (Å²) in [7, 11) is 3.56. The van der Waals surface area contributed by atoms with Crippen LogP contribution in [-0.2, 0) is 19.9 Å². The van der Waals surface area contributed by atoms with Crippen LogP contribution >= 0.6 is 0 Å². The summed E-state index contributed by atoms with van der Waals surface area (Å²) in [4.78, 5) is 11.3. The number of rotatable bonds is 5. The van der Waals surface area contributed by atoms with Crippen LogP contribution in [0.2, 0.25) is 0 Å². The van der Waals surface area contributed by atoms with Gasteiger partial charge in [0.25, 0.3) is 0 Å². The molecule has 9 nitrogen and oxygen atoms in total. The Hall–Kier alpha value is -2.71. The molecule has 9 heteroatoms. The van der Waals surface area contributed by atoms with Crippen LogP contribution in [0.15, 0.2) is 6.20 Å². The Morgan fingerprint density at radius 1 is 1.12 bits per heavy atom. The van der Waals surface area contributed by atoms with Crippen LogP contribution in [0.1, 0.15) is 30.3 Å². The second kappa shape index (κ2) is 6.30. The van der Waals surface area contributed by atoms with Crippen LogP contribution in [0.3, 0.4) is 0 Å². The third-order valence-corrected chi connectivity index (χ3v) is 4.67. The Kier molecular flexibility index (Phi) is 3.98. The number of aromatic nitrogens is 7. The minimum absolute atomic E-state index is 0.624. The first-order valence-corrected chi connectivity index (χ1v) is 8.56. The quantitative estimate of drug-likeness (QED) is 0.682. The molecule has 1 aliphatic heterocycles. The number of hydrogen-bond donors (Lipinski definition) is 0. The van der Waals surface area contributed by atoms with E-state index in [-0.39, 0.29) is 0 Å². The fraction of sp³-hybridized carbons (Fsp3) is 0.562. The second-order valence-electron chi connectivity index (χ2n) is 6.29. The minimum atomic E-state index is 0.624. The molecular formula is C16H22N8O. The lowest BCUT2D eigenvalue weighted by Crippen LogP contribution is -2.19. The Morgan fingerprint density at radius 2 is 1.88 bits per heavy atom. The molecular weight excluding hydrogens is 320 g/mol. The highest BCUT2D eigenvalue weighted by Crippen LogP contribution is 2.20. The van der Waals surface area contributed by atoms with Crippen molar-refractivity contribution in [3.05, 3.63) is 23.7 Å². The predicted octanol–water partition coefficient (Wildman–Crippen LogP) is 0.955. The SMILES string of the molecule is COc1cnc(C)n2c(CCc3nc(N4CCCC4)nn3C)nnc12. The van der Waals surface area contributed by atoms with Gasteiger partial charge in [0.15, 0.2) is 5.75 Å². The van der Waals surface area contributed by atoms with E-state index in [1.807, 2.05) is 23.1 Å². The highest BCUT2D eigenvalue weighted by atomic mass is 16.5. The van der Waals surface area contributed by atoms with Crippen LogP contribution in [0.4, 0.5) is 5.95 Å². The summed E-state index contributed by atoms with van der Waals surface area (Å²) in [6.07, 6.45) is 5.56. The molecule has 1 fully saturated rings. The van der Waals surface area contributed by atoms with Gasteiger partial charge in [0, 0.05) is 33.0 Å². The van der Waals surface area contributed by atoms with Crippen LogP contribution in [0, 0.1) is 6.92 Å². The third-order valence-electron chi connectivity index (χ3n) is 4.67. The van der Waals surface area contributed by atoms with Crippen molar-refractivity contribution in [1.29, 1.82) is 0 Å². The molecule has 0 spiro atoms. The Labute approximate surface area is 145 Å². The summed E-state index contributed by atoms with van der Waals surface area (Å²) >= 11 is 0. The van der Waals surface area contributed by atoms with Gasteiger partial charge >= 0.3 is 0 Å². The molecule has 132 valence electrons. The van der Waals surface area contributed by atoms with Crippen molar-refractivity contribution in [2.24, 2.45) is 7.05 Å². The molecule has 4 heterocycles. The molecule has 1 aliphatic rings. The zero-order valence-electron chi connectivity index (χ0n) is 14.8. The van der Waals surface area contributed by atoms with Gasteiger partial charge in [-0.2, -0.15) is 4.98 Å². The van der Waals surface area contributed by atoms with Crippen molar-refractivity contribution in [2.75, 3.05) is 25.1 Å². The summed E-state index contributed by atoms with van der Waals surface area (Å²) in [6.45, 7) is 4.03. The smallest absolute Gasteiger partial charge is 0.244 e. The summed E-state index contributed by atoms with van der Waals surface area (Å²) in [5.41, 5.74) is 0.695. The van der Waals surface area contributed by atoms with E-state index in [9.17, 15) is 0 Å². The van der Waals surface area contributed by atoms with E-state index >= 15 is 0 Å². The van der Waals surface area contributed by atoms with Crippen molar-refractivity contribution in [3.8, 4) is 5.75 Å². The van der Waals surface area contributed by atoms with Crippen molar-refractivity contribution in [1.82, 2.24) is 34.3 Å². The second-order valence-corrected chi connectivity index (χ2v) is 6.29. The summed E-state index contributed by atoms with van der Waals surface area (Å²) in [5.74, 6) is 4.10. The topological polar surface area (TPSA) is 86.3 Å². The van der Waals surface area contributed by atoms with E-state index in [0.29, 0.717) is 17.8 Å². The molecule has 4 rings (SSSR count). The van der Waals surface area contributed by atoms with Crippen molar-refractivity contribution < 1.29 is 4.74 Å². The average molecular weight is 342 g/mol. The van der Waals surface area contributed by atoms with Gasteiger partial charge in [-0.15, -0.1) is 15.3 Å². The predicted molar refractivity (Wildman–Crippen MR) is 91.9 cm³/mol. The molecule has 3 aromatic rings. The van der Waals surface area contributed by atoms with Gasteiger partial charge in [-0.3, -0.25) is 9.08 Å². The summed E-state index contributed by atoms with van der Waals surface area (Å²) < 4.78 is 9.12. The number of anilines is 1. The Balaban J connectivity index is 1.57. The normalized spacial score (nSPS) is 14.6. The first-order chi connectivity index (χ1) is 12.2. The third kappa shape index (κ3) is 2.79. The zero-order valence-corrected chi connectivity index (χ0v) is 14.8. The van der Waals surface area contributed by atoms with E-state index in [0.717, 1.165) is 42.9 Å². The molecule has 0 bridgehead atoms. The van der Waals surface area contributed by atoms with E-state index in [1.165, 1.54) is 12.8 Å². The largest absolute Gasteiger partial charge is 0.491 e. The number of nitrogens with zero attached hydrogens (tertiary/aromatic N) is 8. The molecule has 0 saturated carbocycles. The first kappa shape index (κ1) is 15.8. The van der Waals surface area contributed by atoms with Gasteiger partial charge in [-0.05, 0) is 19.8 Å². The van der Waals surface area contributed by atoms with Gasteiger partial charge in [0.1, 0.15) is 17.5 Å². The van der Waals surface area contributed by atoms with Crippen LogP contribution in [0.5, 0.6) is 5.75 Å². The van der Waals surface area contributed by atoms with Gasteiger partial charge < -0.3 is 9.64 Å².